The Hall–Kier alpha value is -1.33. The summed E-state index contributed by atoms with van der Waals surface area (Å²) in [5.41, 5.74) is 2.22. The Balaban J connectivity index is 2.37. The van der Waals surface area contributed by atoms with Crippen LogP contribution >= 0.6 is 27.5 Å². The molecule has 0 N–H and O–H groups in total. The topological polar surface area (TPSA) is 38.1 Å². The van der Waals surface area contributed by atoms with E-state index in [1.54, 1.807) is 24.3 Å². The van der Waals surface area contributed by atoms with Crippen molar-refractivity contribution in [2.45, 2.75) is 6.54 Å². The summed E-state index contributed by atoms with van der Waals surface area (Å²) >= 11 is 9.56. The van der Waals surface area contributed by atoms with Gasteiger partial charge < -0.3 is 4.90 Å². The lowest BCUT2D eigenvalue weighted by Gasteiger charge is -2.14. The zero-order valence-electron chi connectivity index (χ0n) is 9.52. The summed E-state index contributed by atoms with van der Waals surface area (Å²) < 4.78 is 2.64. The molecule has 1 amide bonds. The fourth-order valence-corrected chi connectivity index (χ4v) is 2.77. The van der Waals surface area contributed by atoms with E-state index in [-0.39, 0.29) is 5.91 Å². The molecule has 0 saturated heterocycles. The Kier molecular flexibility index (Phi) is 2.68. The molecular formula is C12H9BrClN3O. The maximum atomic E-state index is 12.3. The number of carbonyl (C=O) groups is 1. The van der Waals surface area contributed by atoms with E-state index < -0.39 is 0 Å². The van der Waals surface area contributed by atoms with E-state index >= 15 is 0 Å². The number of benzene rings is 1. The van der Waals surface area contributed by atoms with Gasteiger partial charge in [0.2, 0.25) is 0 Å². The summed E-state index contributed by atoms with van der Waals surface area (Å²) in [7, 11) is 1.75. The summed E-state index contributed by atoms with van der Waals surface area (Å²) in [4.78, 5) is 18.2. The lowest BCUT2D eigenvalue weighted by molar-refractivity contribution is 0.0788. The van der Waals surface area contributed by atoms with Crippen molar-refractivity contribution in [2.24, 2.45) is 0 Å². The number of aromatic nitrogens is 2. The Morgan fingerprint density at radius 3 is 3.00 bits per heavy atom. The molecule has 6 heteroatoms. The van der Waals surface area contributed by atoms with Crippen LogP contribution in [0.1, 0.15) is 16.1 Å². The molecule has 1 aliphatic rings. The molecule has 2 heterocycles. The fraction of sp³-hybridized carbons (Fsp3) is 0.167. The molecule has 0 radical (unpaired) electrons. The number of rotatable bonds is 0. The van der Waals surface area contributed by atoms with Crippen LogP contribution in [0, 0.1) is 0 Å². The number of fused-ring (bicyclic) bond motifs is 3. The van der Waals surface area contributed by atoms with Crippen LogP contribution in [0.3, 0.4) is 0 Å². The number of nitrogens with zero attached hydrogens (tertiary/aromatic N) is 3. The molecule has 0 unspecified atom stereocenters. The number of hydrogen-bond donors (Lipinski definition) is 0. The number of halogens is 2. The maximum Gasteiger partial charge on any atom is 0.257 e. The van der Waals surface area contributed by atoms with Gasteiger partial charge in [-0.3, -0.25) is 9.36 Å². The zero-order valence-corrected chi connectivity index (χ0v) is 11.9. The summed E-state index contributed by atoms with van der Waals surface area (Å²) in [5, 5.41) is 0.460. The molecule has 2 aromatic rings. The third-order valence-corrected chi connectivity index (χ3v) is 3.99. The average Bonchev–Trinajstić information content (AvgIpc) is 2.64. The molecule has 4 nitrogen and oxygen atoms in total. The molecule has 1 aliphatic heterocycles. The number of imidazole rings is 1. The second-order valence-electron chi connectivity index (χ2n) is 4.15. The molecule has 92 valence electrons. The van der Waals surface area contributed by atoms with Crippen molar-refractivity contribution in [3.63, 3.8) is 0 Å². The maximum absolute atomic E-state index is 12.3. The predicted octanol–water partition coefficient (Wildman–Crippen LogP) is 2.87. The molecule has 0 aliphatic carbocycles. The first kappa shape index (κ1) is 11.7. The molecular weight excluding hydrogens is 318 g/mol. The third-order valence-electron chi connectivity index (χ3n) is 3.01. The van der Waals surface area contributed by atoms with Gasteiger partial charge in [0, 0.05) is 7.05 Å². The Bertz CT molecular complexity index is 653. The van der Waals surface area contributed by atoms with Gasteiger partial charge in [-0.05, 0) is 28.1 Å². The van der Waals surface area contributed by atoms with Crippen LogP contribution in [0.5, 0.6) is 0 Å². The van der Waals surface area contributed by atoms with E-state index in [4.69, 9.17) is 11.6 Å². The second kappa shape index (κ2) is 4.10. The first-order chi connectivity index (χ1) is 8.59. The van der Waals surface area contributed by atoms with Crippen LogP contribution in [0.2, 0.25) is 5.02 Å². The molecule has 18 heavy (non-hydrogen) atoms. The molecule has 1 aromatic heterocycles. The van der Waals surface area contributed by atoms with Gasteiger partial charge in [0.05, 0.1) is 28.5 Å². The highest BCUT2D eigenvalue weighted by Crippen LogP contribution is 2.31. The standard InChI is InChI=1S/C12H9BrClN3O/c1-16-5-9-11(13)15-6-17(9)8-4-2-3-7(14)10(8)12(16)18/h2-4,6H,5H2,1H3. The summed E-state index contributed by atoms with van der Waals surface area (Å²) in [5.74, 6) is -0.0776. The zero-order chi connectivity index (χ0) is 12.9. The van der Waals surface area contributed by atoms with Crippen LogP contribution in [0.15, 0.2) is 29.1 Å². The lowest BCUT2D eigenvalue weighted by Crippen LogP contribution is -2.25. The molecule has 3 rings (SSSR count). The van der Waals surface area contributed by atoms with Crippen LogP contribution < -0.4 is 0 Å². The summed E-state index contributed by atoms with van der Waals surface area (Å²) in [6.07, 6.45) is 1.70. The van der Waals surface area contributed by atoms with Crippen molar-refractivity contribution < 1.29 is 4.79 Å². The molecule has 0 atom stereocenters. The van der Waals surface area contributed by atoms with Gasteiger partial charge in [-0.2, -0.15) is 0 Å². The van der Waals surface area contributed by atoms with E-state index in [0.29, 0.717) is 17.1 Å². The minimum absolute atomic E-state index is 0.0776. The molecule has 1 aromatic carbocycles. The Morgan fingerprint density at radius 1 is 1.44 bits per heavy atom. The highest BCUT2D eigenvalue weighted by atomic mass is 79.9. The van der Waals surface area contributed by atoms with E-state index in [2.05, 4.69) is 20.9 Å². The van der Waals surface area contributed by atoms with E-state index in [1.165, 1.54) is 0 Å². The minimum atomic E-state index is -0.0776. The number of amides is 1. The van der Waals surface area contributed by atoms with Crippen molar-refractivity contribution in [3.8, 4) is 5.69 Å². The molecule has 0 saturated carbocycles. The fourth-order valence-electron chi connectivity index (χ4n) is 2.11. The normalized spacial score (nSPS) is 14.2. The Morgan fingerprint density at radius 2 is 2.22 bits per heavy atom. The first-order valence-corrected chi connectivity index (χ1v) is 6.52. The van der Waals surface area contributed by atoms with Crippen molar-refractivity contribution in [1.29, 1.82) is 0 Å². The Labute approximate surface area is 117 Å². The average molecular weight is 327 g/mol. The molecule has 0 spiro atoms. The van der Waals surface area contributed by atoms with Gasteiger partial charge in [0.25, 0.3) is 5.91 Å². The quantitative estimate of drug-likeness (QED) is 0.746. The van der Waals surface area contributed by atoms with Crippen LogP contribution in [0.4, 0.5) is 0 Å². The van der Waals surface area contributed by atoms with Crippen molar-refractivity contribution in [2.75, 3.05) is 7.05 Å². The van der Waals surface area contributed by atoms with Gasteiger partial charge >= 0.3 is 0 Å². The highest BCUT2D eigenvalue weighted by molar-refractivity contribution is 9.10. The largest absolute Gasteiger partial charge is 0.336 e. The van der Waals surface area contributed by atoms with E-state index in [0.717, 1.165) is 16.0 Å². The third kappa shape index (κ3) is 1.58. The van der Waals surface area contributed by atoms with Crippen LogP contribution in [-0.2, 0) is 6.54 Å². The summed E-state index contributed by atoms with van der Waals surface area (Å²) in [6.45, 7) is 0.491. The lowest BCUT2D eigenvalue weighted by atomic mass is 10.1. The van der Waals surface area contributed by atoms with Gasteiger partial charge in [-0.25, -0.2) is 4.98 Å². The van der Waals surface area contributed by atoms with Gasteiger partial charge in [-0.1, -0.05) is 17.7 Å². The first-order valence-electron chi connectivity index (χ1n) is 5.35. The SMILES string of the molecule is CN1Cc2c(Br)ncn2-c2cccc(Cl)c2C1=O. The highest BCUT2D eigenvalue weighted by Gasteiger charge is 2.27. The van der Waals surface area contributed by atoms with E-state index in [1.807, 2.05) is 16.7 Å². The monoisotopic (exact) mass is 325 g/mol. The second-order valence-corrected chi connectivity index (χ2v) is 5.31. The predicted molar refractivity (Wildman–Crippen MR) is 72.1 cm³/mol. The summed E-state index contributed by atoms with van der Waals surface area (Å²) in [6, 6.07) is 5.43. The number of hydrogen-bond acceptors (Lipinski definition) is 2. The van der Waals surface area contributed by atoms with Gasteiger partial charge in [-0.15, -0.1) is 0 Å². The van der Waals surface area contributed by atoms with Crippen molar-refractivity contribution in [3.05, 3.63) is 45.4 Å². The molecule has 0 bridgehead atoms. The van der Waals surface area contributed by atoms with Gasteiger partial charge in [0.15, 0.2) is 0 Å². The van der Waals surface area contributed by atoms with Crippen LogP contribution in [-0.4, -0.2) is 27.4 Å². The van der Waals surface area contributed by atoms with Crippen LogP contribution in [0.25, 0.3) is 5.69 Å². The molecule has 0 fully saturated rings. The number of carbonyl (C=O) groups excluding carboxylic acids is 1. The minimum Gasteiger partial charge on any atom is -0.336 e. The van der Waals surface area contributed by atoms with E-state index in [9.17, 15) is 4.79 Å². The smallest absolute Gasteiger partial charge is 0.257 e. The van der Waals surface area contributed by atoms with Crippen molar-refractivity contribution >= 4 is 33.4 Å². The van der Waals surface area contributed by atoms with Crippen molar-refractivity contribution in [1.82, 2.24) is 14.5 Å². The van der Waals surface area contributed by atoms with Gasteiger partial charge in [0.1, 0.15) is 10.9 Å².